The molecule has 160 valence electrons. The van der Waals surface area contributed by atoms with E-state index in [-0.39, 0.29) is 23.9 Å². The summed E-state index contributed by atoms with van der Waals surface area (Å²) in [5.74, 6) is -0.761. The van der Waals surface area contributed by atoms with Gasteiger partial charge in [-0.05, 0) is 37.3 Å². The molecule has 0 aromatic heterocycles. The van der Waals surface area contributed by atoms with Crippen molar-refractivity contribution in [3.8, 4) is 0 Å². The van der Waals surface area contributed by atoms with E-state index in [1.807, 2.05) is 30.3 Å². The van der Waals surface area contributed by atoms with Gasteiger partial charge >= 0.3 is 0 Å². The lowest BCUT2D eigenvalue weighted by atomic mass is 9.98. The quantitative estimate of drug-likeness (QED) is 0.510. The Labute approximate surface area is 176 Å². The summed E-state index contributed by atoms with van der Waals surface area (Å²) in [5.41, 5.74) is 1.32. The van der Waals surface area contributed by atoms with Crippen LogP contribution in [0.3, 0.4) is 0 Å². The largest absolute Gasteiger partial charge is 0.326 e. The Morgan fingerprint density at radius 1 is 1.17 bits per heavy atom. The van der Waals surface area contributed by atoms with Crippen molar-refractivity contribution < 1.29 is 18.1 Å². The molecule has 2 aromatic carbocycles. The maximum atomic E-state index is 12.7. The predicted octanol–water partition coefficient (Wildman–Crippen LogP) is 3.21. The molecule has 1 fully saturated rings. The second kappa shape index (κ2) is 9.82. The Balaban J connectivity index is 1.56. The summed E-state index contributed by atoms with van der Waals surface area (Å²) in [6, 6.07) is 15.4. The van der Waals surface area contributed by atoms with E-state index in [4.69, 9.17) is 0 Å². The zero-order valence-electron chi connectivity index (χ0n) is 16.6. The predicted molar refractivity (Wildman–Crippen MR) is 115 cm³/mol. The highest BCUT2D eigenvalue weighted by atomic mass is 32.2. The number of nitrogens with one attached hydrogen (secondary N) is 1. The van der Waals surface area contributed by atoms with Crippen LogP contribution in [0.15, 0.2) is 54.6 Å². The summed E-state index contributed by atoms with van der Waals surface area (Å²) in [6.45, 7) is 0.544. The number of carbonyl (C=O) groups excluding carboxylic acids is 1. The van der Waals surface area contributed by atoms with Gasteiger partial charge in [0, 0.05) is 30.9 Å². The maximum absolute atomic E-state index is 12.7. The van der Waals surface area contributed by atoms with Crippen molar-refractivity contribution in [1.82, 2.24) is 4.31 Å². The number of anilines is 1. The summed E-state index contributed by atoms with van der Waals surface area (Å²) in [5, 5.41) is 13.6. The number of nitro benzene ring substituents is 1. The smallest absolute Gasteiger partial charge is 0.271 e. The van der Waals surface area contributed by atoms with Gasteiger partial charge in [0.2, 0.25) is 15.9 Å². The molecule has 0 unspecified atom stereocenters. The Kier molecular flexibility index (Phi) is 7.17. The van der Waals surface area contributed by atoms with Crippen molar-refractivity contribution >= 4 is 27.3 Å². The zero-order valence-corrected chi connectivity index (χ0v) is 17.4. The third kappa shape index (κ3) is 5.87. The highest BCUT2D eigenvalue weighted by Gasteiger charge is 2.32. The first-order valence-corrected chi connectivity index (χ1v) is 11.5. The van der Waals surface area contributed by atoms with Crippen molar-refractivity contribution in [2.75, 3.05) is 24.2 Å². The van der Waals surface area contributed by atoms with E-state index in [9.17, 15) is 23.3 Å². The molecular formula is C21H25N3O5S. The van der Waals surface area contributed by atoms with Gasteiger partial charge in [-0.15, -0.1) is 0 Å². The number of non-ortho nitro benzene ring substituents is 1. The zero-order chi connectivity index (χ0) is 21.6. The number of rotatable bonds is 8. The van der Waals surface area contributed by atoms with E-state index in [2.05, 4.69) is 5.32 Å². The monoisotopic (exact) mass is 431 g/mol. The van der Waals surface area contributed by atoms with Gasteiger partial charge in [0.25, 0.3) is 5.69 Å². The summed E-state index contributed by atoms with van der Waals surface area (Å²) >= 11 is 0. The molecule has 1 atom stereocenters. The van der Waals surface area contributed by atoms with E-state index in [0.29, 0.717) is 37.9 Å². The van der Waals surface area contributed by atoms with Gasteiger partial charge < -0.3 is 5.32 Å². The second-order valence-electron chi connectivity index (χ2n) is 7.40. The second-order valence-corrected chi connectivity index (χ2v) is 9.49. The van der Waals surface area contributed by atoms with Crippen molar-refractivity contribution in [2.24, 2.45) is 5.92 Å². The van der Waals surface area contributed by atoms with E-state index in [1.165, 1.54) is 22.5 Å². The third-order valence-corrected chi connectivity index (χ3v) is 7.11. The van der Waals surface area contributed by atoms with Crippen LogP contribution in [-0.4, -0.2) is 42.4 Å². The highest BCUT2D eigenvalue weighted by Crippen LogP contribution is 2.23. The highest BCUT2D eigenvalue weighted by molar-refractivity contribution is 7.89. The SMILES string of the molecule is O=C(Nc1cccc([N+](=O)[O-])c1)[C@@H]1CCCN(S(=O)(=O)CCCc2ccccc2)C1. The van der Waals surface area contributed by atoms with Crippen LogP contribution in [0.1, 0.15) is 24.8 Å². The Morgan fingerprint density at radius 3 is 2.67 bits per heavy atom. The van der Waals surface area contributed by atoms with Crippen LogP contribution in [0.4, 0.5) is 11.4 Å². The Hall–Kier alpha value is -2.78. The minimum absolute atomic E-state index is 0.0428. The molecule has 0 spiro atoms. The molecular weight excluding hydrogens is 406 g/mol. The van der Waals surface area contributed by atoms with Crippen LogP contribution >= 0.6 is 0 Å². The van der Waals surface area contributed by atoms with Gasteiger partial charge in [-0.25, -0.2) is 12.7 Å². The van der Waals surface area contributed by atoms with Crippen LogP contribution in [0.25, 0.3) is 0 Å². The molecule has 1 aliphatic heterocycles. The first kappa shape index (κ1) is 21.9. The molecule has 1 heterocycles. The van der Waals surface area contributed by atoms with E-state index in [1.54, 1.807) is 6.07 Å². The van der Waals surface area contributed by atoms with Crippen molar-refractivity contribution in [1.29, 1.82) is 0 Å². The van der Waals surface area contributed by atoms with Crippen LogP contribution in [0, 0.1) is 16.0 Å². The van der Waals surface area contributed by atoms with Crippen molar-refractivity contribution in [3.63, 3.8) is 0 Å². The fraction of sp³-hybridized carbons (Fsp3) is 0.381. The van der Waals surface area contributed by atoms with Gasteiger partial charge in [0.15, 0.2) is 0 Å². The molecule has 30 heavy (non-hydrogen) atoms. The summed E-state index contributed by atoms with van der Waals surface area (Å²) < 4.78 is 26.9. The third-order valence-electron chi connectivity index (χ3n) is 5.18. The van der Waals surface area contributed by atoms with Gasteiger partial charge in [0.1, 0.15) is 0 Å². The summed E-state index contributed by atoms with van der Waals surface area (Å²) in [7, 11) is -3.45. The van der Waals surface area contributed by atoms with Crippen molar-refractivity contribution in [3.05, 3.63) is 70.3 Å². The molecule has 0 bridgehead atoms. The number of hydrogen-bond acceptors (Lipinski definition) is 5. The number of nitrogens with zero attached hydrogens (tertiary/aromatic N) is 2. The number of amides is 1. The molecule has 2 aromatic rings. The molecule has 1 saturated heterocycles. The molecule has 1 aliphatic rings. The number of carbonyl (C=O) groups is 1. The van der Waals surface area contributed by atoms with Gasteiger partial charge in [0.05, 0.1) is 16.6 Å². The molecule has 0 saturated carbocycles. The number of piperidine rings is 1. The topological polar surface area (TPSA) is 110 Å². The fourth-order valence-corrected chi connectivity index (χ4v) is 5.16. The lowest BCUT2D eigenvalue weighted by Crippen LogP contribution is -2.44. The van der Waals surface area contributed by atoms with E-state index in [0.717, 1.165) is 5.56 Å². The van der Waals surface area contributed by atoms with Crippen molar-refractivity contribution in [2.45, 2.75) is 25.7 Å². The molecule has 0 radical (unpaired) electrons. The van der Waals surface area contributed by atoms with E-state index < -0.39 is 20.9 Å². The number of hydrogen-bond donors (Lipinski definition) is 1. The number of sulfonamides is 1. The van der Waals surface area contributed by atoms with Gasteiger partial charge in [-0.2, -0.15) is 0 Å². The van der Waals surface area contributed by atoms with Gasteiger partial charge in [-0.1, -0.05) is 36.4 Å². The molecule has 3 rings (SSSR count). The minimum atomic E-state index is -3.45. The number of benzene rings is 2. The first-order chi connectivity index (χ1) is 14.3. The molecule has 9 heteroatoms. The van der Waals surface area contributed by atoms with Crippen LogP contribution in [0.5, 0.6) is 0 Å². The Bertz CT molecular complexity index is 995. The fourth-order valence-electron chi connectivity index (χ4n) is 3.58. The van der Waals surface area contributed by atoms with Crippen LogP contribution < -0.4 is 5.32 Å². The van der Waals surface area contributed by atoms with Gasteiger partial charge in [-0.3, -0.25) is 14.9 Å². The minimum Gasteiger partial charge on any atom is -0.326 e. The standard InChI is InChI=1S/C21H25N3O5S/c25-21(22-19-11-4-12-20(15-19)24(26)27)18-10-5-13-23(16-18)30(28,29)14-6-9-17-7-2-1-3-8-17/h1-4,7-8,11-12,15,18H,5-6,9-10,13-14,16H2,(H,22,25)/t18-/m1/s1. The average Bonchev–Trinajstić information content (AvgIpc) is 2.74. The maximum Gasteiger partial charge on any atom is 0.271 e. The van der Waals surface area contributed by atoms with Crippen LogP contribution in [-0.2, 0) is 21.2 Å². The van der Waals surface area contributed by atoms with Crippen LogP contribution in [0.2, 0.25) is 0 Å². The average molecular weight is 432 g/mol. The normalized spacial score (nSPS) is 17.4. The summed E-state index contributed by atoms with van der Waals surface area (Å²) in [4.78, 5) is 23.0. The molecule has 1 amide bonds. The summed E-state index contributed by atoms with van der Waals surface area (Å²) in [6.07, 6.45) is 2.39. The molecule has 1 N–H and O–H groups in total. The Morgan fingerprint density at radius 2 is 1.93 bits per heavy atom. The molecule has 8 nitrogen and oxygen atoms in total. The lowest BCUT2D eigenvalue weighted by molar-refractivity contribution is -0.384. The molecule has 0 aliphatic carbocycles. The number of aryl methyl sites for hydroxylation is 1. The first-order valence-electron chi connectivity index (χ1n) is 9.92. The lowest BCUT2D eigenvalue weighted by Gasteiger charge is -2.31. The number of nitro groups is 1. The van der Waals surface area contributed by atoms with E-state index >= 15 is 0 Å².